The molecule has 1 aromatic carbocycles. The summed E-state index contributed by atoms with van der Waals surface area (Å²) < 4.78 is 5.53. The molecule has 0 aliphatic carbocycles. The largest absolute Gasteiger partial charge is 0.369 e. The van der Waals surface area contributed by atoms with Crippen LogP contribution in [0.15, 0.2) is 29.1 Å². The fourth-order valence-corrected chi connectivity index (χ4v) is 5.08. The number of amides is 6. The van der Waals surface area contributed by atoms with Crippen molar-refractivity contribution >= 4 is 35.4 Å². The van der Waals surface area contributed by atoms with Crippen LogP contribution in [0.1, 0.15) is 70.5 Å². The minimum Gasteiger partial charge on any atom is -0.369 e. The molecule has 1 aromatic heterocycles. The molecule has 2 atom stereocenters. The summed E-state index contributed by atoms with van der Waals surface area (Å²) in [5.41, 5.74) is -0.0711. The predicted molar refractivity (Wildman–Crippen MR) is 146 cm³/mol. The Bertz CT molecular complexity index is 1520. The molecule has 14 heteroatoms. The maximum Gasteiger partial charge on any atom is 0.262 e. The molecule has 42 heavy (non-hydrogen) atoms. The first-order valence-electron chi connectivity index (χ1n) is 13.5. The summed E-state index contributed by atoms with van der Waals surface area (Å²) in [6.07, 6.45) is -0.292. The first-order chi connectivity index (χ1) is 19.9. The van der Waals surface area contributed by atoms with Gasteiger partial charge in [-0.15, -0.1) is 0 Å². The molecule has 1 fully saturated rings. The highest BCUT2D eigenvalue weighted by molar-refractivity contribution is 6.24. The van der Waals surface area contributed by atoms with Crippen LogP contribution in [0.3, 0.4) is 0 Å². The van der Waals surface area contributed by atoms with Crippen LogP contribution in [-0.2, 0) is 30.3 Å². The Morgan fingerprint density at radius 1 is 1.17 bits per heavy atom. The zero-order valence-corrected chi connectivity index (χ0v) is 23.7. The Morgan fingerprint density at radius 3 is 2.55 bits per heavy atom. The van der Waals surface area contributed by atoms with Crippen molar-refractivity contribution in [1.82, 2.24) is 30.4 Å². The lowest BCUT2D eigenvalue weighted by Gasteiger charge is -2.32. The molecule has 2 unspecified atom stereocenters. The molecule has 0 spiro atoms. The van der Waals surface area contributed by atoms with Crippen LogP contribution in [0.5, 0.6) is 0 Å². The van der Waals surface area contributed by atoms with Crippen molar-refractivity contribution in [3.63, 3.8) is 0 Å². The molecule has 3 heterocycles. The van der Waals surface area contributed by atoms with Gasteiger partial charge in [0.05, 0.1) is 17.2 Å². The van der Waals surface area contributed by atoms with Gasteiger partial charge in [-0.25, -0.2) is 4.98 Å². The molecule has 222 valence electrons. The lowest BCUT2D eigenvalue weighted by atomic mass is 9.94. The van der Waals surface area contributed by atoms with Gasteiger partial charge in [-0.3, -0.25) is 43.8 Å². The van der Waals surface area contributed by atoms with Crippen molar-refractivity contribution in [2.45, 2.75) is 58.2 Å². The third-order valence-electron chi connectivity index (χ3n) is 6.98. The Hall–Kier alpha value is -4.72. The van der Waals surface area contributed by atoms with Crippen LogP contribution in [0.2, 0.25) is 0 Å². The van der Waals surface area contributed by atoms with E-state index in [2.05, 4.69) is 20.6 Å². The SMILES string of the molecule is CNC(=O)C(c1cccc2c1C(=O)N(C1CCC(=O)NC1=O)C2=O)N(CCc1cc(=O)[nH]c(C)n1)C(=O)COC(C)C. The summed E-state index contributed by atoms with van der Waals surface area (Å²) in [7, 11) is 1.37. The lowest BCUT2D eigenvalue weighted by molar-refractivity contribution is -0.145. The van der Waals surface area contributed by atoms with E-state index in [9.17, 15) is 33.6 Å². The highest BCUT2D eigenvalue weighted by atomic mass is 16.5. The van der Waals surface area contributed by atoms with E-state index < -0.39 is 47.5 Å². The average molecular weight is 581 g/mol. The second-order valence-corrected chi connectivity index (χ2v) is 10.3. The van der Waals surface area contributed by atoms with E-state index in [1.807, 2.05) is 0 Å². The van der Waals surface area contributed by atoms with Gasteiger partial charge in [0.25, 0.3) is 17.4 Å². The molecule has 1 saturated heterocycles. The average Bonchev–Trinajstić information content (AvgIpc) is 3.18. The van der Waals surface area contributed by atoms with Crippen LogP contribution < -0.4 is 16.2 Å². The number of fused-ring (bicyclic) bond motifs is 1. The van der Waals surface area contributed by atoms with Crippen molar-refractivity contribution in [3.05, 3.63) is 62.8 Å². The Balaban J connectivity index is 1.77. The monoisotopic (exact) mass is 580 g/mol. The topological polar surface area (TPSA) is 188 Å². The normalized spacial score (nSPS) is 17.3. The second kappa shape index (κ2) is 12.4. The van der Waals surface area contributed by atoms with Gasteiger partial charge >= 0.3 is 0 Å². The number of hydrogen-bond donors (Lipinski definition) is 3. The standard InChI is InChI=1S/C28H32N6O8/c1-14(2)42-13-22(37)33(11-10-16-12-21(36)31-15(3)30-16)24(26(39)29-4)17-6-5-7-18-23(17)28(41)34(27(18)40)19-8-9-20(35)32-25(19)38/h5-7,12,14,19,24H,8-11,13H2,1-4H3,(H,29,39)(H,30,31,36)(H,32,35,38). The van der Waals surface area contributed by atoms with E-state index in [0.717, 1.165) is 4.90 Å². The second-order valence-electron chi connectivity index (χ2n) is 10.3. The summed E-state index contributed by atoms with van der Waals surface area (Å²) in [4.78, 5) is 99.3. The van der Waals surface area contributed by atoms with Crippen molar-refractivity contribution in [3.8, 4) is 0 Å². The van der Waals surface area contributed by atoms with Gasteiger partial charge in [0.2, 0.25) is 23.6 Å². The van der Waals surface area contributed by atoms with E-state index in [1.165, 1.54) is 36.2 Å². The number of ether oxygens (including phenoxy) is 1. The number of nitrogens with one attached hydrogen (secondary N) is 3. The fourth-order valence-electron chi connectivity index (χ4n) is 5.08. The molecule has 14 nitrogen and oxygen atoms in total. The molecule has 4 rings (SSSR count). The number of piperidine rings is 1. The summed E-state index contributed by atoms with van der Waals surface area (Å²) in [6.45, 7) is 4.64. The summed E-state index contributed by atoms with van der Waals surface area (Å²) >= 11 is 0. The first kappa shape index (κ1) is 30.2. The van der Waals surface area contributed by atoms with Gasteiger partial charge in [0.1, 0.15) is 24.5 Å². The number of aryl methyl sites for hydroxylation is 1. The molecule has 2 aromatic rings. The number of carbonyl (C=O) groups excluding carboxylic acids is 6. The predicted octanol–water partition coefficient (Wildman–Crippen LogP) is -0.237. The van der Waals surface area contributed by atoms with Gasteiger partial charge in [-0.05, 0) is 38.8 Å². The van der Waals surface area contributed by atoms with Gasteiger partial charge in [-0.2, -0.15) is 0 Å². The van der Waals surface area contributed by atoms with E-state index in [1.54, 1.807) is 20.8 Å². The number of rotatable bonds is 10. The Morgan fingerprint density at radius 2 is 1.90 bits per heavy atom. The van der Waals surface area contributed by atoms with Crippen molar-refractivity contribution < 1.29 is 33.5 Å². The zero-order valence-electron chi connectivity index (χ0n) is 23.7. The van der Waals surface area contributed by atoms with E-state index in [0.29, 0.717) is 11.5 Å². The van der Waals surface area contributed by atoms with Crippen LogP contribution in [0, 0.1) is 6.92 Å². The first-order valence-corrected chi connectivity index (χ1v) is 13.5. The number of carbonyl (C=O) groups is 6. The van der Waals surface area contributed by atoms with Crippen LogP contribution in [0.4, 0.5) is 0 Å². The van der Waals surface area contributed by atoms with Crippen molar-refractivity contribution in [2.75, 3.05) is 20.2 Å². The number of benzene rings is 1. The minimum atomic E-state index is -1.38. The van der Waals surface area contributed by atoms with Gasteiger partial charge in [-0.1, -0.05) is 12.1 Å². The molecular weight excluding hydrogens is 548 g/mol. The molecule has 0 bridgehead atoms. The van der Waals surface area contributed by atoms with Gasteiger partial charge in [0.15, 0.2) is 0 Å². The highest BCUT2D eigenvalue weighted by Gasteiger charge is 2.47. The van der Waals surface area contributed by atoms with E-state index >= 15 is 0 Å². The fraction of sp³-hybridized carbons (Fsp3) is 0.429. The molecule has 0 radical (unpaired) electrons. The number of likely N-dealkylation sites (N-methyl/N-ethyl adjacent to an activating group) is 1. The van der Waals surface area contributed by atoms with Crippen molar-refractivity contribution in [2.24, 2.45) is 0 Å². The van der Waals surface area contributed by atoms with Crippen LogP contribution in [-0.4, -0.2) is 87.6 Å². The maximum atomic E-state index is 13.8. The van der Waals surface area contributed by atoms with Gasteiger partial charge in [0, 0.05) is 38.2 Å². The van der Waals surface area contributed by atoms with Crippen LogP contribution >= 0.6 is 0 Å². The number of aromatic amines is 1. The molecule has 2 aliphatic heterocycles. The number of nitrogens with zero attached hydrogens (tertiary/aromatic N) is 3. The maximum absolute atomic E-state index is 13.8. The quantitative estimate of drug-likeness (QED) is 0.319. The molecule has 0 saturated carbocycles. The third-order valence-corrected chi connectivity index (χ3v) is 6.98. The van der Waals surface area contributed by atoms with E-state index in [4.69, 9.17) is 4.74 Å². The van der Waals surface area contributed by atoms with E-state index in [-0.39, 0.29) is 60.8 Å². The molecule has 3 N–H and O–H groups in total. The van der Waals surface area contributed by atoms with Crippen LogP contribution in [0.25, 0.3) is 0 Å². The number of H-pyrrole nitrogens is 1. The lowest BCUT2D eigenvalue weighted by Crippen LogP contribution is -2.54. The molecular formula is C28H32N6O8. The Labute approximate surface area is 240 Å². The number of aromatic nitrogens is 2. The van der Waals surface area contributed by atoms with Gasteiger partial charge < -0.3 is 19.9 Å². The summed E-state index contributed by atoms with van der Waals surface area (Å²) in [5, 5.41) is 4.68. The Kier molecular flexibility index (Phi) is 8.95. The summed E-state index contributed by atoms with van der Waals surface area (Å²) in [5.74, 6) is -3.67. The zero-order chi connectivity index (χ0) is 30.7. The van der Waals surface area contributed by atoms with Crippen molar-refractivity contribution in [1.29, 1.82) is 0 Å². The molecule has 6 amide bonds. The number of hydrogen-bond acceptors (Lipinski definition) is 9. The summed E-state index contributed by atoms with van der Waals surface area (Å²) in [6, 6.07) is 3.06. The highest BCUT2D eigenvalue weighted by Crippen LogP contribution is 2.35. The minimum absolute atomic E-state index is 0.0335. The number of imide groups is 2. The molecule has 2 aliphatic rings. The third kappa shape index (κ3) is 6.12. The smallest absolute Gasteiger partial charge is 0.262 e.